The first-order valence-corrected chi connectivity index (χ1v) is 6.40. The lowest BCUT2D eigenvalue weighted by Crippen LogP contribution is -1.97. The van der Waals surface area contributed by atoms with Gasteiger partial charge in [0.15, 0.2) is 0 Å². The molecule has 0 saturated heterocycles. The van der Waals surface area contributed by atoms with E-state index in [9.17, 15) is 4.79 Å². The molecule has 1 aromatic carbocycles. The van der Waals surface area contributed by atoms with E-state index in [1.807, 2.05) is 29.8 Å². The number of aldehydes is 1. The zero-order valence-electron chi connectivity index (χ0n) is 9.67. The van der Waals surface area contributed by atoms with Gasteiger partial charge in [0.25, 0.3) is 0 Å². The van der Waals surface area contributed by atoms with Crippen molar-refractivity contribution in [3.8, 4) is 0 Å². The Kier molecular flexibility index (Phi) is 3.98. The molecule has 88 valence electrons. The molecule has 2 aromatic rings. The molecule has 2 rings (SSSR count). The van der Waals surface area contributed by atoms with Crippen LogP contribution in [0.1, 0.15) is 11.3 Å². The average Bonchev–Trinajstić information content (AvgIpc) is 2.70. The van der Waals surface area contributed by atoms with E-state index in [1.54, 1.807) is 18.1 Å². The first kappa shape index (κ1) is 11.9. The molecule has 0 aliphatic carbocycles. The number of aryl methyl sites for hydroxylation is 1. The molecule has 0 radical (unpaired) electrons. The molecule has 0 unspecified atom stereocenters. The first-order chi connectivity index (χ1) is 8.31. The summed E-state index contributed by atoms with van der Waals surface area (Å²) < 4.78 is 1.90. The summed E-state index contributed by atoms with van der Waals surface area (Å²) in [5, 5.41) is 0.948. The predicted octanol–water partition coefficient (Wildman–Crippen LogP) is 2.45. The Balaban J connectivity index is 2.06. The largest absolute Gasteiger partial charge is 0.336 e. The minimum atomic E-state index is 0.424. The van der Waals surface area contributed by atoms with Crippen LogP contribution in [0.15, 0.2) is 41.7 Å². The summed E-state index contributed by atoms with van der Waals surface area (Å²) in [5.41, 5.74) is 2.25. The van der Waals surface area contributed by atoms with Crippen LogP contribution >= 0.6 is 11.8 Å². The second-order valence-corrected chi connectivity index (χ2v) is 4.72. The summed E-state index contributed by atoms with van der Waals surface area (Å²) >= 11 is 1.67. The lowest BCUT2D eigenvalue weighted by molar-refractivity contribution is -0.107. The van der Waals surface area contributed by atoms with Crippen molar-refractivity contribution in [1.82, 2.24) is 9.55 Å². The fourth-order valence-electron chi connectivity index (χ4n) is 1.59. The normalized spacial score (nSPS) is 10.4. The lowest BCUT2D eigenvalue weighted by atomic mass is 10.2. The molecule has 0 spiro atoms. The molecule has 17 heavy (non-hydrogen) atoms. The summed E-state index contributed by atoms with van der Waals surface area (Å²) in [4.78, 5) is 14.9. The van der Waals surface area contributed by atoms with Crippen molar-refractivity contribution in [3.05, 3.63) is 47.9 Å². The van der Waals surface area contributed by atoms with Gasteiger partial charge in [-0.05, 0) is 5.56 Å². The smallest absolute Gasteiger partial charge is 0.125 e. The van der Waals surface area contributed by atoms with Crippen LogP contribution in [0.3, 0.4) is 0 Å². The molecule has 0 atom stereocenters. The number of thioether (sulfide) groups is 1. The van der Waals surface area contributed by atoms with Crippen LogP contribution in [0.4, 0.5) is 0 Å². The highest BCUT2D eigenvalue weighted by Crippen LogP contribution is 2.24. The SMILES string of the molecule is Cn1cnc(SCc2ccccc2)c1CC=O. The maximum absolute atomic E-state index is 10.6. The standard InChI is InChI=1S/C13H14N2OS/c1-15-10-14-13(12(15)7-8-16)17-9-11-5-3-2-4-6-11/h2-6,8,10H,7,9H2,1H3. The maximum Gasteiger partial charge on any atom is 0.125 e. The molecule has 0 fully saturated rings. The van der Waals surface area contributed by atoms with Crippen LogP contribution < -0.4 is 0 Å². The van der Waals surface area contributed by atoms with E-state index in [1.165, 1.54) is 5.56 Å². The highest BCUT2D eigenvalue weighted by atomic mass is 32.2. The van der Waals surface area contributed by atoms with Crippen LogP contribution in [-0.4, -0.2) is 15.8 Å². The number of hydrogen-bond donors (Lipinski definition) is 0. The highest BCUT2D eigenvalue weighted by molar-refractivity contribution is 7.98. The van der Waals surface area contributed by atoms with E-state index in [2.05, 4.69) is 17.1 Å². The Labute approximate surface area is 105 Å². The first-order valence-electron chi connectivity index (χ1n) is 5.42. The average molecular weight is 246 g/mol. The maximum atomic E-state index is 10.6. The Bertz CT molecular complexity index is 493. The number of carbonyl (C=O) groups is 1. The lowest BCUT2D eigenvalue weighted by Gasteiger charge is -2.02. The number of imidazole rings is 1. The van der Waals surface area contributed by atoms with Gasteiger partial charge in [0.2, 0.25) is 0 Å². The zero-order valence-corrected chi connectivity index (χ0v) is 10.5. The van der Waals surface area contributed by atoms with E-state index >= 15 is 0 Å². The van der Waals surface area contributed by atoms with E-state index in [0.29, 0.717) is 6.42 Å². The number of nitrogens with zero attached hydrogens (tertiary/aromatic N) is 2. The summed E-state index contributed by atoms with van der Waals surface area (Å²) in [6.45, 7) is 0. The number of hydrogen-bond acceptors (Lipinski definition) is 3. The summed E-state index contributed by atoms with van der Waals surface area (Å²) in [6.07, 6.45) is 3.10. The van der Waals surface area contributed by atoms with Crippen molar-refractivity contribution in [1.29, 1.82) is 0 Å². The number of aromatic nitrogens is 2. The van der Waals surface area contributed by atoms with E-state index in [-0.39, 0.29) is 0 Å². The molecule has 3 nitrogen and oxygen atoms in total. The summed E-state index contributed by atoms with van der Waals surface area (Å²) in [5.74, 6) is 0.879. The Morgan fingerprint density at radius 1 is 1.35 bits per heavy atom. The minimum Gasteiger partial charge on any atom is -0.336 e. The predicted molar refractivity (Wildman–Crippen MR) is 69.0 cm³/mol. The Hall–Kier alpha value is -1.55. The second-order valence-electron chi connectivity index (χ2n) is 3.75. The van der Waals surface area contributed by atoms with E-state index < -0.39 is 0 Å². The van der Waals surface area contributed by atoms with Crippen molar-refractivity contribution < 1.29 is 4.79 Å². The molecular weight excluding hydrogens is 232 g/mol. The van der Waals surface area contributed by atoms with Crippen LogP contribution in [0.5, 0.6) is 0 Å². The fraction of sp³-hybridized carbons (Fsp3) is 0.231. The van der Waals surface area contributed by atoms with Gasteiger partial charge in [-0.25, -0.2) is 4.98 Å². The quantitative estimate of drug-likeness (QED) is 0.600. The third-order valence-corrected chi connectivity index (χ3v) is 3.61. The van der Waals surface area contributed by atoms with Crippen molar-refractivity contribution >= 4 is 18.0 Å². The number of rotatable bonds is 5. The molecule has 0 bridgehead atoms. The molecule has 0 N–H and O–H groups in total. The van der Waals surface area contributed by atoms with Gasteiger partial charge >= 0.3 is 0 Å². The molecule has 0 aliphatic rings. The Morgan fingerprint density at radius 2 is 2.12 bits per heavy atom. The van der Waals surface area contributed by atoms with Crippen LogP contribution in [0, 0.1) is 0 Å². The van der Waals surface area contributed by atoms with E-state index in [4.69, 9.17) is 0 Å². The van der Waals surface area contributed by atoms with Gasteiger partial charge in [0, 0.05) is 19.2 Å². The van der Waals surface area contributed by atoms with Crippen LogP contribution in [0.25, 0.3) is 0 Å². The third kappa shape index (κ3) is 2.97. The molecule has 0 amide bonds. The number of carbonyl (C=O) groups excluding carboxylic acids is 1. The van der Waals surface area contributed by atoms with Crippen LogP contribution in [0.2, 0.25) is 0 Å². The molecular formula is C13H14N2OS. The van der Waals surface area contributed by atoms with Crippen molar-refractivity contribution in [2.75, 3.05) is 0 Å². The minimum absolute atomic E-state index is 0.424. The van der Waals surface area contributed by atoms with Gasteiger partial charge in [-0.15, -0.1) is 0 Å². The molecule has 0 saturated carbocycles. The topological polar surface area (TPSA) is 34.9 Å². The zero-order chi connectivity index (χ0) is 12.1. The van der Waals surface area contributed by atoms with E-state index in [0.717, 1.165) is 22.8 Å². The summed E-state index contributed by atoms with van der Waals surface area (Å²) in [7, 11) is 1.92. The van der Waals surface area contributed by atoms with Crippen molar-refractivity contribution in [2.45, 2.75) is 17.2 Å². The van der Waals surface area contributed by atoms with Gasteiger partial charge < -0.3 is 9.36 Å². The molecule has 4 heteroatoms. The number of benzene rings is 1. The van der Waals surface area contributed by atoms with Gasteiger partial charge in [-0.2, -0.15) is 0 Å². The second kappa shape index (κ2) is 5.68. The van der Waals surface area contributed by atoms with Gasteiger partial charge in [0.1, 0.15) is 11.3 Å². The van der Waals surface area contributed by atoms with Gasteiger partial charge in [0.05, 0.1) is 12.0 Å². The third-order valence-electron chi connectivity index (χ3n) is 2.52. The monoisotopic (exact) mass is 246 g/mol. The highest BCUT2D eigenvalue weighted by Gasteiger charge is 2.08. The molecule has 1 aromatic heterocycles. The summed E-state index contributed by atoms with van der Waals surface area (Å²) in [6, 6.07) is 10.2. The molecule has 1 heterocycles. The van der Waals surface area contributed by atoms with Crippen molar-refractivity contribution in [2.24, 2.45) is 7.05 Å². The molecule has 0 aliphatic heterocycles. The van der Waals surface area contributed by atoms with Gasteiger partial charge in [-0.3, -0.25) is 0 Å². The fourth-order valence-corrected chi connectivity index (χ4v) is 2.60. The Morgan fingerprint density at radius 3 is 2.82 bits per heavy atom. The van der Waals surface area contributed by atoms with Crippen LogP contribution in [-0.2, 0) is 24.0 Å². The van der Waals surface area contributed by atoms with Gasteiger partial charge in [-0.1, -0.05) is 42.1 Å². The van der Waals surface area contributed by atoms with Crippen molar-refractivity contribution in [3.63, 3.8) is 0 Å².